The van der Waals surface area contributed by atoms with Gasteiger partial charge in [0.2, 0.25) is 5.91 Å². The molecule has 1 saturated heterocycles. The number of methoxy groups -OCH3 is 1. The van der Waals surface area contributed by atoms with Gasteiger partial charge in [-0.15, -0.1) is 0 Å². The summed E-state index contributed by atoms with van der Waals surface area (Å²) in [5, 5.41) is 16.2. The molecule has 0 saturated carbocycles. The first kappa shape index (κ1) is 24.0. The molecule has 1 aliphatic rings. The van der Waals surface area contributed by atoms with E-state index in [9.17, 15) is 9.90 Å². The predicted octanol–water partition coefficient (Wildman–Crippen LogP) is 4.36. The lowest BCUT2D eigenvalue weighted by Crippen LogP contribution is -2.45. The molecule has 0 spiro atoms. The number of hydrogen-bond acceptors (Lipinski definition) is 5. The molecule has 7 nitrogen and oxygen atoms in total. The van der Waals surface area contributed by atoms with E-state index in [0.717, 1.165) is 64.9 Å². The summed E-state index contributed by atoms with van der Waals surface area (Å²) in [7, 11) is 1.63. The number of aliphatic hydroxyl groups is 1. The van der Waals surface area contributed by atoms with Crippen LogP contribution < -0.4 is 10.1 Å². The number of amides is 1. The van der Waals surface area contributed by atoms with Crippen molar-refractivity contribution >= 4 is 33.8 Å². The van der Waals surface area contributed by atoms with Gasteiger partial charge in [-0.05, 0) is 78.8 Å². The summed E-state index contributed by atoms with van der Waals surface area (Å²) < 4.78 is 5.35. The summed E-state index contributed by atoms with van der Waals surface area (Å²) in [6, 6.07) is 16.0. The molecule has 0 aliphatic carbocycles. The Hall–Kier alpha value is -3.68. The Labute approximate surface area is 210 Å². The normalized spacial score (nSPS) is 16.1. The monoisotopic (exact) mass is 484 g/mol. The molecule has 3 N–H and O–H groups in total. The van der Waals surface area contributed by atoms with Gasteiger partial charge in [-0.2, -0.15) is 0 Å². The van der Waals surface area contributed by atoms with Crippen LogP contribution in [0.1, 0.15) is 35.8 Å². The highest BCUT2D eigenvalue weighted by Gasteiger charge is 2.23. The van der Waals surface area contributed by atoms with E-state index >= 15 is 0 Å². The number of β-amino-alcohol motifs (C(OH)–C–C–N with tert-alkyl or cyclic N) is 1. The molecule has 7 heteroatoms. The van der Waals surface area contributed by atoms with Crippen LogP contribution in [-0.2, 0) is 4.79 Å². The zero-order valence-electron chi connectivity index (χ0n) is 20.7. The van der Waals surface area contributed by atoms with Gasteiger partial charge in [0.15, 0.2) is 0 Å². The van der Waals surface area contributed by atoms with Gasteiger partial charge in [-0.1, -0.05) is 12.1 Å². The van der Waals surface area contributed by atoms with Gasteiger partial charge in [-0.3, -0.25) is 9.78 Å². The minimum Gasteiger partial charge on any atom is -0.497 e. The molecule has 1 amide bonds. The van der Waals surface area contributed by atoms with E-state index in [1.165, 1.54) is 5.39 Å². The number of benzene rings is 2. The number of carbonyl (C=O) groups excluding carboxylic acids is 1. The summed E-state index contributed by atoms with van der Waals surface area (Å²) in [6.45, 7) is 4.22. The summed E-state index contributed by atoms with van der Waals surface area (Å²) in [6.07, 6.45) is 6.27. The Balaban J connectivity index is 1.13. The van der Waals surface area contributed by atoms with Crippen LogP contribution in [0.5, 0.6) is 5.75 Å². The summed E-state index contributed by atoms with van der Waals surface area (Å²) >= 11 is 0. The molecule has 36 heavy (non-hydrogen) atoms. The Morgan fingerprint density at radius 1 is 1.22 bits per heavy atom. The molecule has 5 rings (SSSR count). The predicted molar refractivity (Wildman–Crippen MR) is 143 cm³/mol. The van der Waals surface area contributed by atoms with Crippen molar-refractivity contribution < 1.29 is 14.6 Å². The lowest BCUT2D eigenvalue weighted by molar-refractivity contribution is -0.117. The number of hydrogen-bond donors (Lipinski definition) is 3. The maximum Gasteiger partial charge on any atom is 0.244 e. The number of nitrogens with one attached hydrogen (secondary N) is 2. The zero-order chi connectivity index (χ0) is 25.1. The molecule has 1 fully saturated rings. The van der Waals surface area contributed by atoms with E-state index in [1.807, 2.05) is 43.3 Å². The van der Waals surface area contributed by atoms with Gasteiger partial charge < -0.3 is 25.0 Å². The van der Waals surface area contributed by atoms with Crippen molar-refractivity contribution in [2.24, 2.45) is 0 Å². The number of pyridine rings is 1. The molecule has 2 aromatic carbocycles. The number of carbonyl (C=O) groups is 1. The van der Waals surface area contributed by atoms with Crippen LogP contribution in [-0.4, -0.2) is 58.7 Å². The maximum absolute atomic E-state index is 12.5. The number of rotatable bonds is 7. The molecule has 0 bridgehead atoms. The number of fused-ring (bicyclic) bond motifs is 2. The Kier molecular flexibility index (Phi) is 7.02. The fourth-order valence-corrected chi connectivity index (χ4v) is 4.98. The van der Waals surface area contributed by atoms with Gasteiger partial charge in [0.25, 0.3) is 0 Å². The number of H-pyrrole nitrogens is 1. The molecule has 1 atom stereocenters. The van der Waals surface area contributed by atoms with Crippen LogP contribution in [0.25, 0.3) is 27.9 Å². The van der Waals surface area contributed by atoms with Crippen LogP contribution in [0.3, 0.4) is 0 Å². The third-order valence-corrected chi connectivity index (χ3v) is 6.91. The number of aromatic amines is 1. The Morgan fingerprint density at radius 2 is 2.06 bits per heavy atom. The minimum atomic E-state index is -0.627. The molecule has 0 unspecified atom stereocenters. The first-order valence-electron chi connectivity index (χ1n) is 12.4. The van der Waals surface area contributed by atoms with Gasteiger partial charge >= 0.3 is 0 Å². The van der Waals surface area contributed by atoms with Gasteiger partial charge in [0, 0.05) is 54.5 Å². The molecule has 1 aliphatic heterocycles. The van der Waals surface area contributed by atoms with Crippen molar-refractivity contribution in [1.29, 1.82) is 0 Å². The highest BCUT2D eigenvalue weighted by molar-refractivity contribution is 5.93. The van der Waals surface area contributed by atoms with Crippen LogP contribution in [0.2, 0.25) is 0 Å². The molecule has 0 radical (unpaired) electrons. The fourth-order valence-electron chi connectivity index (χ4n) is 4.98. The third kappa shape index (κ3) is 5.42. The number of piperidine rings is 1. The van der Waals surface area contributed by atoms with Crippen molar-refractivity contribution in [1.82, 2.24) is 20.2 Å². The quantitative estimate of drug-likeness (QED) is 0.339. The number of aliphatic hydroxyl groups excluding tert-OH is 1. The lowest BCUT2D eigenvalue weighted by atomic mass is 10.0. The largest absolute Gasteiger partial charge is 0.497 e. The molecule has 4 aromatic rings. The van der Waals surface area contributed by atoms with Crippen LogP contribution in [0.15, 0.2) is 60.8 Å². The highest BCUT2D eigenvalue weighted by atomic mass is 16.5. The van der Waals surface area contributed by atoms with Crippen molar-refractivity contribution in [3.63, 3.8) is 0 Å². The van der Waals surface area contributed by atoms with Gasteiger partial charge in [-0.25, -0.2) is 0 Å². The standard InChI is InChI=1S/C29H32N4O3/c1-19-15-21-5-3-20(16-27(21)31-19)4-8-29(35)32-22-10-13-33(14-11-22)18-28(34)24-9-12-30-26-7-6-23(36-2)17-25(24)26/h3-9,12,15-17,22,28,31,34H,10-11,13-14,18H2,1-2H3,(H,32,35)/b8-4+/t28-/m0/s1. The minimum absolute atomic E-state index is 0.0755. The lowest BCUT2D eigenvalue weighted by Gasteiger charge is -2.33. The Bertz CT molecular complexity index is 1400. The summed E-state index contributed by atoms with van der Waals surface area (Å²) in [4.78, 5) is 22.5. The van der Waals surface area contributed by atoms with Crippen LogP contribution in [0, 0.1) is 6.92 Å². The topological polar surface area (TPSA) is 90.5 Å². The van der Waals surface area contributed by atoms with Crippen LogP contribution >= 0.6 is 0 Å². The highest BCUT2D eigenvalue weighted by Crippen LogP contribution is 2.28. The smallest absolute Gasteiger partial charge is 0.244 e. The number of likely N-dealkylation sites (tertiary alicyclic amines) is 1. The van der Waals surface area contributed by atoms with E-state index in [4.69, 9.17) is 4.74 Å². The van der Waals surface area contributed by atoms with E-state index < -0.39 is 6.10 Å². The van der Waals surface area contributed by atoms with Crippen molar-refractivity contribution in [3.05, 3.63) is 77.6 Å². The number of aryl methyl sites for hydroxylation is 1. The second-order valence-electron chi connectivity index (χ2n) is 9.51. The van der Waals surface area contributed by atoms with E-state index in [-0.39, 0.29) is 11.9 Å². The van der Waals surface area contributed by atoms with Crippen molar-refractivity contribution in [2.45, 2.75) is 31.9 Å². The van der Waals surface area contributed by atoms with Gasteiger partial charge in [0.1, 0.15) is 5.75 Å². The average Bonchev–Trinajstić information content (AvgIpc) is 3.27. The number of nitrogens with zero attached hydrogens (tertiary/aromatic N) is 2. The second-order valence-corrected chi connectivity index (χ2v) is 9.51. The van der Waals surface area contributed by atoms with Crippen LogP contribution in [0.4, 0.5) is 0 Å². The number of ether oxygens (including phenoxy) is 1. The van der Waals surface area contributed by atoms with E-state index in [1.54, 1.807) is 19.4 Å². The van der Waals surface area contributed by atoms with Crippen molar-refractivity contribution in [3.8, 4) is 5.75 Å². The number of aromatic nitrogens is 2. The fraction of sp³-hybridized carbons (Fsp3) is 0.310. The van der Waals surface area contributed by atoms with E-state index in [2.05, 4.69) is 38.4 Å². The Morgan fingerprint density at radius 3 is 2.86 bits per heavy atom. The molecule has 186 valence electrons. The first-order valence-corrected chi connectivity index (χ1v) is 12.4. The SMILES string of the molecule is COc1ccc2nccc([C@@H](O)CN3CCC(NC(=O)/C=C/c4ccc5cc(C)[nH]c5c4)CC3)c2c1. The summed E-state index contributed by atoms with van der Waals surface area (Å²) in [5.41, 5.74) is 4.88. The molecule has 3 heterocycles. The third-order valence-electron chi connectivity index (χ3n) is 6.91. The second kappa shape index (κ2) is 10.5. The molecular weight excluding hydrogens is 452 g/mol. The molecular formula is C29H32N4O3. The summed E-state index contributed by atoms with van der Waals surface area (Å²) in [5.74, 6) is 0.669. The average molecular weight is 485 g/mol. The van der Waals surface area contributed by atoms with E-state index in [0.29, 0.717) is 6.54 Å². The van der Waals surface area contributed by atoms with Gasteiger partial charge in [0.05, 0.1) is 18.7 Å². The first-order chi connectivity index (χ1) is 17.5. The zero-order valence-corrected chi connectivity index (χ0v) is 20.7. The maximum atomic E-state index is 12.5. The van der Waals surface area contributed by atoms with Crippen molar-refractivity contribution in [2.75, 3.05) is 26.7 Å². The molecule has 2 aromatic heterocycles.